The molecule has 2 aromatic rings. The van der Waals surface area contributed by atoms with Crippen molar-refractivity contribution >= 4 is 39.5 Å². The summed E-state index contributed by atoms with van der Waals surface area (Å²) in [5.41, 5.74) is 2.69. The maximum atomic E-state index is 12.2. The molecule has 1 saturated heterocycles. The van der Waals surface area contributed by atoms with E-state index in [4.69, 9.17) is 0 Å². The Morgan fingerprint density at radius 2 is 1.83 bits per heavy atom. The Labute approximate surface area is 182 Å². The van der Waals surface area contributed by atoms with Gasteiger partial charge in [-0.3, -0.25) is 9.69 Å². The van der Waals surface area contributed by atoms with Crippen LogP contribution >= 0.6 is 11.8 Å². The minimum absolute atomic E-state index is 0.0401. The van der Waals surface area contributed by atoms with Gasteiger partial charge in [0.1, 0.15) is 0 Å². The first-order valence-electron chi connectivity index (χ1n) is 9.92. The van der Waals surface area contributed by atoms with E-state index < -0.39 is 10.0 Å². The van der Waals surface area contributed by atoms with Gasteiger partial charge in [-0.05, 0) is 29.3 Å². The molecule has 8 heteroatoms. The van der Waals surface area contributed by atoms with E-state index in [1.807, 2.05) is 60.3 Å². The van der Waals surface area contributed by atoms with Crippen molar-refractivity contribution in [2.45, 2.75) is 13.0 Å². The molecule has 0 spiro atoms. The van der Waals surface area contributed by atoms with Gasteiger partial charge in [0.2, 0.25) is 15.9 Å². The first kappa shape index (κ1) is 22.6. The third kappa shape index (κ3) is 7.95. The molecular formula is C22H27N3O3S2. The number of anilines is 1. The van der Waals surface area contributed by atoms with Crippen molar-refractivity contribution in [1.29, 1.82) is 0 Å². The molecule has 0 atom stereocenters. The Morgan fingerprint density at radius 3 is 2.60 bits per heavy atom. The van der Waals surface area contributed by atoms with Crippen LogP contribution in [0.15, 0.2) is 60.0 Å². The van der Waals surface area contributed by atoms with E-state index >= 15 is 0 Å². The number of nitrogens with zero attached hydrogens (tertiary/aromatic N) is 1. The second kappa shape index (κ2) is 11.3. The van der Waals surface area contributed by atoms with Crippen molar-refractivity contribution in [3.05, 3.63) is 71.1 Å². The molecule has 0 aromatic heterocycles. The summed E-state index contributed by atoms with van der Waals surface area (Å²) in [6.07, 6.45) is 1.58. The fourth-order valence-electron chi connectivity index (χ4n) is 3.08. The standard InChI is InChI=1S/C22H27N3O3S2/c26-22(9-11-23-30(27,28)16-10-19-5-2-1-3-6-19)24-21-8-4-7-20(17-21)18-25-12-14-29-15-13-25/h1-8,10,16-17,23H,9,11-15,18H2,(H,24,26)/b16-10+. The highest BCUT2D eigenvalue weighted by molar-refractivity contribution is 7.99. The van der Waals surface area contributed by atoms with Crippen LogP contribution in [0.1, 0.15) is 17.5 Å². The van der Waals surface area contributed by atoms with Crippen LogP contribution in [-0.4, -0.2) is 50.4 Å². The molecule has 1 heterocycles. The van der Waals surface area contributed by atoms with Gasteiger partial charge < -0.3 is 5.32 Å². The van der Waals surface area contributed by atoms with Crippen LogP contribution in [0.4, 0.5) is 5.69 Å². The number of hydrogen-bond acceptors (Lipinski definition) is 5. The van der Waals surface area contributed by atoms with E-state index in [2.05, 4.69) is 21.0 Å². The van der Waals surface area contributed by atoms with Crippen LogP contribution in [0.2, 0.25) is 0 Å². The quantitative estimate of drug-likeness (QED) is 0.620. The number of benzene rings is 2. The summed E-state index contributed by atoms with van der Waals surface area (Å²) in [5, 5.41) is 3.96. The second-order valence-corrected chi connectivity index (χ2v) is 9.92. The summed E-state index contributed by atoms with van der Waals surface area (Å²) in [6.45, 7) is 3.08. The van der Waals surface area contributed by atoms with Crippen molar-refractivity contribution in [2.75, 3.05) is 36.5 Å². The molecule has 1 fully saturated rings. The number of nitrogens with one attached hydrogen (secondary N) is 2. The molecular weight excluding hydrogens is 418 g/mol. The second-order valence-electron chi connectivity index (χ2n) is 7.04. The number of sulfonamides is 1. The van der Waals surface area contributed by atoms with Crippen LogP contribution in [0, 0.1) is 0 Å². The van der Waals surface area contributed by atoms with Gasteiger partial charge in [0.05, 0.1) is 0 Å². The minimum atomic E-state index is -3.59. The van der Waals surface area contributed by atoms with Crippen molar-refractivity contribution in [3.8, 4) is 0 Å². The molecule has 0 bridgehead atoms. The van der Waals surface area contributed by atoms with Crippen LogP contribution in [0.3, 0.4) is 0 Å². The SMILES string of the molecule is O=C(CCNS(=O)(=O)/C=C/c1ccccc1)Nc1cccc(CN2CCSCC2)c1. The van der Waals surface area contributed by atoms with Crippen molar-refractivity contribution in [1.82, 2.24) is 9.62 Å². The predicted octanol–water partition coefficient (Wildman–Crippen LogP) is 3.15. The molecule has 0 saturated carbocycles. The maximum absolute atomic E-state index is 12.2. The minimum Gasteiger partial charge on any atom is -0.326 e. The first-order valence-corrected chi connectivity index (χ1v) is 12.6. The number of thioether (sulfide) groups is 1. The van der Waals surface area contributed by atoms with Gasteiger partial charge in [0.25, 0.3) is 0 Å². The summed E-state index contributed by atoms with van der Waals surface area (Å²) in [5.74, 6) is 2.09. The van der Waals surface area contributed by atoms with E-state index in [1.54, 1.807) is 0 Å². The van der Waals surface area contributed by atoms with E-state index in [0.29, 0.717) is 0 Å². The van der Waals surface area contributed by atoms with Gasteiger partial charge in [0, 0.05) is 55.2 Å². The summed E-state index contributed by atoms with van der Waals surface area (Å²) in [7, 11) is -3.59. The van der Waals surface area contributed by atoms with E-state index in [0.717, 1.165) is 53.4 Å². The Hall–Kier alpha value is -2.13. The van der Waals surface area contributed by atoms with Gasteiger partial charge >= 0.3 is 0 Å². The Balaban J connectivity index is 1.44. The lowest BCUT2D eigenvalue weighted by Gasteiger charge is -2.26. The number of hydrogen-bond donors (Lipinski definition) is 2. The van der Waals surface area contributed by atoms with Crippen molar-refractivity contribution in [2.24, 2.45) is 0 Å². The predicted molar refractivity (Wildman–Crippen MR) is 125 cm³/mol. The van der Waals surface area contributed by atoms with E-state index in [-0.39, 0.29) is 18.9 Å². The molecule has 160 valence electrons. The molecule has 1 aliphatic rings. The van der Waals surface area contributed by atoms with E-state index in [9.17, 15) is 13.2 Å². The molecule has 1 aliphatic heterocycles. The highest BCUT2D eigenvalue weighted by atomic mass is 32.2. The zero-order valence-corrected chi connectivity index (χ0v) is 18.4. The number of carbonyl (C=O) groups excluding carboxylic acids is 1. The lowest BCUT2D eigenvalue weighted by Crippen LogP contribution is -2.32. The molecule has 1 amide bonds. The zero-order valence-electron chi connectivity index (χ0n) is 16.8. The summed E-state index contributed by atoms with van der Waals surface area (Å²) >= 11 is 1.98. The molecule has 0 radical (unpaired) electrons. The topological polar surface area (TPSA) is 78.5 Å². The maximum Gasteiger partial charge on any atom is 0.233 e. The fourth-order valence-corrected chi connectivity index (χ4v) is 4.87. The highest BCUT2D eigenvalue weighted by Crippen LogP contribution is 2.16. The Morgan fingerprint density at radius 1 is 1.07 bits per heavy atom. The average Bonchev–Trinajstić information content (AvgIpc) is 2.74. The largest absolute Gasteiger partial charge is 0.326 e. The summed E-state index contributed by atoms with van der Waals surface area (Å²) in [6, 6.07) is 17.0. The Kier molecular flexibility index (Phi) is 8.50. The molecule has 0 unspecified atom stereocenters. The number of rotatable bonds is 9. The lowest BCUT2D eigenvalue weighted by molar-refractivity contribution is -0.116. The Bertz CT molecular complexity index is 957. The van der Waals surface area contributed by atoms with Gasteiger partial charge in [0.15, 0.2) is 0 Å². The lowest BCUT2D eigenvalue weighted by atomic mass is 10.2. The summed E-state index contributed by atoms with van der Waals surface area (Å²) < 4.78 is 26.5. The highest BCUT2D eigenvalue weighted by Gasteiger charge is 2.11. The monoisotopic (exact) mass is 445 g/mol. The zero-order chi connectivity index (χ0) is 21.2. The van der Waals surface area contributed by atoms with Crippen LogP contribution in [0.5, 0.6) is 0 Å². The fraction of sp³-hybridized carbons (Fsp3) is 0.318. The number of amides is 1. The average molecular weight is 446 g/mol. The van der Waals surface area contributed by atoms with Gasteiger partial charge in [-0.1, -0.05) is 42.5 Å². The smallest absolute Gasteiger partial charge is 0.233 e. The third-order valence-electron chi connectivity index (χ3n) is 4.62. The van der Waals surface area contributed by atoms with Crippen LogP contribution in [0.25, 0.3) is 6.08 Å². The molecule has 3 rings (SSSR count). The summed E-state index contributed by atoms with van der Waals surface area (Å²) in [4.78, 5) is 14.6. The van der Waals surface area contributed by atoms with E-state index in [1.165, 1.54) is 6.08 Å². The molecule has 0 aliphatic carbocycles. The van der Waals surface area contributed by atoms with Crippen molar-refractivity contribution < 1.29 is 13.2 Å². The molecule has 30 heavy (non-hydrogen) atoms. The number of carbonyl (C=O) groups is 1. The van der Waals surface area contributed by atoms with Crippen molar-refractivity contribution in [3.63, 3.8) is 0 Å². The normalized spacial score (nSPS) is 15.3. The molecule has 2 N–H and O–H groups in total. The van der Waals surface area contributed by atoms with Crippen LogP contribution < -0.4 is 10.0 Å². The third-order valence-corrected chi connectivity index (χ3v) is 6.66. The first-order chi connectivity index (χ1) is 14.5. The molecule has 2 aromatic carbocycles. The van der Waals surface area contributed by atoms with Gasteiger partial charge in [-0.25, -0.2) is 13.1 Å². The molecule has 6 nitrogen and oxygen atoms in total. The van der Waals surface area contributed by atoms with Crippen LogP contribution in [-0.2, 0) is 21.4 Å². The van der Waals surface area contributed by atoms with Gasteiger partial charge in [-0.2, -0.15) is 11.8 Å². The van der Waals surface area contributed by atoms with Gasteiger partial charge in [-0.15, -0.1) is 0 Å².